The molecule has 0 spiro atoms. The van der Waals surface area contributed by atoms with Crippen molar-refractivity contribution in [2.24, 2.45) is 0 Å². The highest BCUT2D eigenvalue weighted by atomic mass is 35.5. The van der Waals surface area contributed by atoms with E-state index in [-0.39, 0.29) is 18.2 Å². The smallest absolute Gasteiger partial charge is 0.123 e. The Bertz CT molecular complexity index is 766. The highest BCUT2D eigenvalue weighted by molar-refractivity contribution is 5.85. The lowest BCUT2D eigenvalue weighted by Gasteiger charge is -2.09. The van der Waals surface area contributed by atoms with Crippen LogP contribution >= 0.6 is 12.4 Å². The van der Waals surface area contributed by atoms with Crippen LogP contribution in [-0.4, -0.2) is 4.98 Å². The van der Waals surface area contributed by atoms with Gasteiger partial charge in [-0.2, -0.15) is 0 Å². The number of benzene rings is 2. The summed E-state index contributed by atoms with van der Waals surface area (Å²) in [6.45, 7) is 1.89. The highest BCUT2D eigenvalue weighted by Gasteiger charge is 2.00. The molecule has 1 aromatic heterocycles. The first-order valence-electron chi connectivity index (χ1n) is 7.86. The van der Waals surface area contributed by atoms with E-state index in [1.165, 1.54) is 12.1 Å². The van der Waals surface area contributed by atoms with Gasteiger partial charge in [-0.05, 0) is 47.5 Å². The fourth-order valence-corrected chi connectivity index (χ4v) is 2.33. The minimum Gasteiger partial charge on any atom is -0.489 e. The summed E-state index contributed by atoms with van der Waals surface area (Å²) in [5.74, 6) is 0.566. The van der Waals surface area contributed by atoms with Gasteiger partial charge < -0.3 is 10.1 Å². The van der Waals surface area contributed by atoms with Crippen LogP contribution in [0.1, 0.15) is 16.8 Å². The number of hydrogen-bond acceptors (Lipinski definition) is 3. The van der Waals surface area contributed by atoms with Gasteiger partial charge in [-0.1, -0.05) is 30.3 Å². The Balaban J connectivity index is 0.00000225. The van der Waals surface area contributed by atoms with E-state index in [9.17, 15) is 4.39 Å². The number of hydrogen-bond donors (Lipinski definition) is 1. The Hall–Kier alpha value is -2.43. The van der Waals surface area contributed by atoms with Crippen LogP contribution in [0.3, 0.4) is 0 Å². The lowest BCUT2D eigenvalue weighted by molar-refractivity contribution is 0.305. The molecule has 0 unspecified atom stereocenters. The molecule has 1 heterocycles. The predicted octanol–water partition coefficient (Wildman–Crippen LogP) is 4.51. The predicted molar refractivity (Wildman–Crippen MR) is 99.2 cm³/mol. The van der Waals surface area contributed by atoms with Crippen molar-refractivity contribution in [1.29, 1.82) is 0 Å². The summed E-state index contributed by atoms with van der Waals surface area (Å²) >= 11 is 0. The molecule has 3 aromatic rings. The van der Waals surface area contributed by atoms with Gasteiger partial charge in [0.25, 0.3) is 0 Å². The summed E-state index contributed by atoms with van der Waals surface area (Å²) in [5.41, 5.74) is 3.10. The van der Waals surface area contributed by atoms with E-state index in [1.807, 2.05) is 36.4 Å². The quantitative estimate of drug-likeness (QED) is 0.674. The second-order valence-corrected chi connectivity index (χ2v) is 5.49. The maximum atomic E-state index is 12.9. The standard InChI is InChI=1S/C20H19FN2O.ClH/c21-18-9-7-16(8-10-18)15-24-20-6-3-4-17(12-20)13-22-14-19-5-1-2-11-23-19;/h1-12,22H,13-15H2;1H. The molecule has 2 aromatic carbocycles. The average Bonchev–Trinajstić information content (AvgIpc) is 2.63. The minimum atomic E-state index is -0.236. The van der Waals surface area contributed by atoms with Crippen LogP contribution in [0.5, 0.6) is 5.75 Å². The number of pyridine rings is 1. The zero-order chi connectivity index (χ0) is 16.6. The molecule has 0 aliphatic rings. The topological polar surface area (TPSA) is 34.1 Å². The van der Waals surface area contributed by atoms with Crippen LogP contribution in [0, 0.1) is 5.82 Å². The molecule has 0 bridgehead atoms. The molecule has 1 N–H and O–H groups in total. The average molecular weight is 359 g/mol. The first-order chi connectivity index (χ1) is 11.8. The van der Waals surface area contributed by atoms with Crippen LogP contribution in [0.25, 0.3) is 0 Å². The summed E-state index contributed by atoms with van der Waals surface area (Å²) in [5, 5.41) is 3.37. The molecule has 25 heavy (non-hydrogen) atoms. The van der Waals surface area contributed by atoms with Crippen molar-refractivity contribution in [2.45, 2.75) is 19.7 Å². The molecular weight excluding hydrogens is 339 g/mol. The Morgan fingerprint density at radius 1 is 0.880 bits per heavy atom. The highest BCUT2D eigenvalue weighted by Crippen LogP contribution is 2.15. The molecule has 0 atom stereocenters. The van der Waals surface area contributed by atoms with E-state index < -0.39 is 0 Å². The Morgan fingerprint density at radius 2 is 1.72 bits per heavy atom. The fraction of sp³-hybridized carbons (Fsp3) is 0.150. The van der Waals surface area contributed by atoms with Gasteiger partial charge in [0.1, 0.15) is 18.2 Å². The van der Waals surface area contributed by atoms with E-state index in [1.54, 1.807) is 18.3 Å². The van der Waals surface area contributed by atoms with Crippen LogP contribution in [0.4, 0.5) is 4.39 Å². The molecular formula is C20H20ClFN2O. The third-order valence-corrected chi connectivity index (χ3v) is 3.58. The second-order valence-electron chi connectivity index (χ2n) is 5.49. The minimum absolute atomic E-state index is 0. The van der Waals surface area contributed by atoms with Crippen molar-refractivity contribution < 1.29 is 9.13 Å². The van der Waals surface area contributed by atoms with Gasteiger partial charge in [0.15, 0.2) is 0 Å². The second kappa shape index (κ2) is 9.77. The SMILES string of the molecule is Cl.Fc1ccc(COc2cccc(CNCc3ccccn3)c2)cc1. The summed E-state index contributed by atoms with van der Waals surface area (Å²) in [7, 11) is 0. The van der Waals surface area contributed by atoms with Crippen LogP contribution in [-0.2, 0) is 19.7 Å². The molecule has 3 nitrogen and oxygen atoms in total. The number of halogens is 2. The molecule has 0 fully saturated rings. The van der Waals surface area contributed by atoms with Crippen molar-refractivity contribution in [2.75, 3.05) is 0 Å². The van der Waals surface area contributed by atoms with Crippen molar-refractivity contribution >= 4 is 12.4 Å². The number of nitrogens with one attached hydrogen (secondary N) is 1. The van der Waals surface area contributed by atoms with Gasteiger partial charge in [-0.15, -0.1) is 12.4 Å². The molecule has 0 saturated carbocycles. The zero-order valence-electron chi connectivity index (χ0n) is 13.7. The summed E-state index contributed by atoms with van der Waals surface area (Å²) in [4.78, 5) is 4.28. The molecule has 130 valence electrons. The van der Waals surface area contributed by atoms with Crippen molar-refractivity contribution in [1.82, 2.24) is 10.3 Å². The van der Waals surface area contributed by atoms with E-state index in [0.29, 0.717) is 6.61 Å². The van der Waals surface area contributed by atoms with Crippen molar-refractivity contribution in [3.8, 4) is 5.75 Å². The molecule has 0 saturated heterocycles. The Kier molecular flexibility index (Phi) is 7.38. The summed E-state index contributed by atoms with van der Waals surface area (Å²) in [6, 6.07) is 20.2. The Morgan fingerprint density at radius 3 is 2.48 bits per heavy atom. The van der Waals surface area contributed by atoms with E-state index in [0.717, 1.165) is 35.7 Å². The van der Waals surface area contributed by atoms with Crippen LogP contribution < -0.4 is 10.1 Å². The van der Waals surface area contributed by atoms with E-state index >= 15 is 0 Å². The third kappa shape index (κ3) is 6.18. The Labute approximate surface area is 153 Å². The lowest BCUT2D eigenvalue weighted by atomic mass is 10.2. The van der Waals surface area contributed by atoms with Crippen molar-refractivity contribution in [3.63, 3.8) is 0 Å². The van der Waals surface area contributed by atoms with Gasteiger partial charge in [0, 0.05) is 19.3 Å². The molecule has 3 rings (SSSR count). The lowest BCUT2D eigenvalue weighted by Crippen LogP contribution is -2.13. The molecule has 0 aliphatic heterocycles. The fourth-order valence-electron chi connectivity index (χ4n) is 2.33. The van der Waals surface area contributed by atoms with Gasteiger partial charge in [0.2, 0.25) is 0 Å². The maximum Gasteiger partial charge on any atom is 0.123 e. The third-order valence-electron chi connectivity index (χ3n) is 3.58. The molecule has 0 amide bonds. The van der Waals surface area contributed by atoms with E-state index in [2.05, 4.69) is 16.4 Å². The number of nitrogens with zero attached hydrogens (tertiary/aromatic N) is 1. The van der Waals surface area contributed by atoms with Gasteiger partial charge in [-0.3, -0.25) is 4.98 Å². The normalized spacial score (nSPS) is 10.1. The van der Waals surface area contributed by atoms with Crippen molar-refractivity contribution in [3.05, 3.63) is 95.6 Å². The monoisotopic (exact) mass is 358 g/mol. The van der Waals surface area contributed by atoms with Gasteiger partial charge in [-0.25, -0.2) is 4.39 Å². The summed E-state index contributed by atoms with van der Waals surface area (Å²) < 4.78 is 18.7. The number of ether oxygens (including phenoxy) is 1. The maximum absolute atomic E-state index is 12.9. The number of aromatic nitrogens is 1. The van der Waals surface area contributed by atoms with E-state index in [4.69, 9.17) is 4.74 Å². The molecule has 0 radical (unpaired) electrons. The summed E-state index contributed by atoms with van der Waals surface area (Å²) in [6.07, 6.45) is 1.79. The largest absolute Gasteiger partial charge is 0.489 e. The van der Waals surface area contributed by atoms with Crippen LogP contribution in [0.15, 0.2) is 72.9 Å². The molecule has 0 aliphatic carbocycles. The molecule has 5 heteroatoms. The van der Waals surface area contributed by atoms with Gasteiger partial charge in [0.05, 0.1) is 5.69 Å². The first-order valence-corrected chi connectivity index (χ1v) is 7.86. The van der Waals surface area contributed by atoms with Crippen LogP contribution in [0.2, 0.25) is 0 Å². The zero-order valence-corrected chi connectivity index (χ0v) is 14.5. The first kappa shape index (κ1) is 18.9. The number of rotatable bonds is 7. The van der Waals surface area contributed by atoms with Gasteiger partial charge >= 0.3 is 0 Å².